The number of amides is 1. The standard InChI is InChI=1S/C12H16N6O3/c1-3-4-8-11(18(20)21)10(12(13)19)15-17(8)7-9-14-5-6-16(9)2/h5-6H,3-4,7H2,1-2H3,(H2,13,19). The fourth-order valence-corrected chi connectivity index (χ4v) is 2.14. The molecule has 9 nitrogen and oxygen atoms in total. The van der Waals surface area contributed by atoms with Crippen molar-refractivity contribution in [2.45, 2.75) is 26.3 Å². The highest BCUT2D eigenvalue weighted by atomic mass is 16.6. The van der Waals surface area contributed by atoms with Crippen molar-refractivity contribution in [2.24, 2.45) is 12.8 Å². The van der Waals surface area contributed by atoms with E-state index >= 15 is 0 Å². The zero-order chi connectivity index (χ0) is 15.6. The SMILES string of the molecule is CCCc1c([N+](=O)[O-])c(C(N)=O)nn1Cc1nccn1C. The number of hydrogen-bond acceptors (Lipinski definition) is 5. The van der Waals surface area contributed by atoms with E-state index in [4.69, 9.17) is 5.73 Å². The number of rotatable bonds is 6. The smallest absolute Gasteiger partial charge is 0.323 e. The molecule has 2 rings (SSSR count). The van der Waals surface area contributed by atoms with E-state index in [0.717, 1.165) is 0 Å². The lowest BCUT2D eigenvalue weighted by molar-refractivity contribution is -0.385. The van der Waals surface area contributed by atoms with Gasteiger partial charge in [0.25, 0.3) is 5.91 Å². The molecule has 0 saturated heterocycles. The van der Waals surface area contributed by atoms with Gasteiger partial charge in [-0.05, 0) is 6.42 Å². The first-order chi connectivity index (χ1) is 9.95. The molecule has 2 N–H and O–H groups in total. The second kappa shape index (κ2) is 5.73. The van der Waals surface area contributed by atoms with Crippen molar-refractivity contribution in [2.75, 3.05) is 0 Å². The summed E-state index contributed by atoms with van der Waals surface area (Å²) in [4.78, 5) is 26.2. The van der Waals surface area contributed by atoms with Gasteiger partial charge in [0.05, 0.1) is 11.5 Å². The molecule has 0 aliphatic rings. The molecule has 0 aromatic carbocycles. The van der Waals surface area contributed by atoms with Crippen molar-refractivity contribution in [3.8, 4) is 0 Å². The first-order valence-electron chi connectivity index (χ1n) is 6.45. The van der Waals surface area contributed by atoms with E-state index in [0.29, 0.717) is 24.4 Å². The molecule has 0 atom stereocenters. The van der Waals surface area contributed by atoms with Crippen LogP contribution in [-0.4, -0.2) is 30.2 Å². The van der Waals surface area contributed by atoms with Gasteiger partial charge >= 0.3 is 5.69 Å². The number of primary amides is 1. The van der Waals surface area contributed by atoms with Crippen molar-refractivity contribution in [1.29, 1.82) is 0 Å². The van der Waals surface area contributed by atoms with Crippen molar-refractivity contribution in [3.63, 3.8) is 0 Å². The van der Waals surface area contributed by atoms with E-state index < -0.39 is 10.8 Å². The number of carbonyl (C=O) groups is 1. The quantitative estimate of drug-likeness (QED) is 0.618. The summed E-state index contributed by atoms with van der Waals surface area (Å²) in [6.07, 6.45) is 4.51. The summed E-state index contributed by atoms with van der Waals surface area (Å²) in [7, 11) is 1.81. The first kappa shape index (κ1) is 14.7. The number of carbonyl (C=O) groups excluding carboxylic acids is 1. The van der Waals surface area contributed by atoms with E-state index in [1.807, 2.05) is 14.0 Å². The maximum atomic E-state index is 11.4. The number of nitro groups is 1. The lowest BCUT2D eigenvalue weighted by Crippen LogP contribution is -2.14. The Bertz CT molecular complexity index is 687. The van der Waals surface area contributed by atoms with E-state index in [2.05, 4.69) is 10.1 Å². The number of aromatic nitrogens is 4. The molecule has 0 fully saturated rings. The van der Waals surface area contributed by atoms with Gasteiger partial charge in [-0.15, -0.1) is 0 Å². The highest BCUT2D eigenvalue weighted by molar-refractivity contribution is 5.95. The number of imidazole rings is 1. The Balaban J connectivity index is 2.54. The molecule has 0 aliphatic carbocycles. The van der Waals surface area contributed by atoms with Crippen molar-refractivity contribution < 1.29 is 9.72 Å². The van der Waals surface area contributed by atoms with Gasteiger partial charge in [-0.1, -0.05) is 13.3 Å². The van der Waals surface area contributed by atoms with Crippen LogP contribution in [-0.2, 0) is 20.0 Å². The summed E-state index contributed by atoms with van der Waals surface area (Å²) < 4.78 is 3.22. The summed E-state index contributed by atoms with van der Waals surface area (Å²) in [6.45, 7) is 2.14. The van der Waals surface area contributed by atoms with Crippen LogP contribution in [0.5, 0.6) is 0 Å². The van der Waals surface area contributed by atoms with Crippen LogP contribution in [0.15, 0.2) is 12.4 Å². The van der Waals surface area contributed by atoms with Gasteiger partial charge < -0.3 is 10.3 Å². The predicted octanol–water partition coefficient (Wildman–Crippen LogP) is 0.624. The van der Waals surface area contributed by atoms with Gasteiger partial charge in [0.2, 0.25) is 5.69 Å². The summed E-state index contributed by atoms with van der Waals surface area (Å²) >= 11 is 0. The Kier molecular flexibility index (Phi) is 4.01. The van der Waals surface area contributed by atoms with Crippen LogP contribution in [0.2, 0.25) is 0 Å². The normalized spacial score (nSPS) is 10.8. The van der Waals surface area contributed by atoms with Crippen LogP contribution in [0, 0.1) is 10.1 Å². The molecule has 0 bridgehead atoms. The predicted molar refractivity (Wildman–Crippen MR) is 73.7 cm³/mol. The molecular formula is C12H16N6O3. The van der Waals surface area contributed by atoms with Crippen LogP contribution in [0.3, 0.4) is 0 Å². The monoisotopic (exact) mass is 292 g/mol. The average molecular weight is 292 g/mol. The summed E-state index contributed by atoms with van der Waals surface area (Å²) in [5.41, 5.74) is 4.97. The molecule has 112 valence electrons. The minimum atomic E-state index is -0.905. The molecule has 1 amide bonds. The second-order valence-corrected chi connectivity index (χ2v) is 4.63. The van der Waals surface area contributed by atoms with Gasteiger partial charge in [0, 0.05) is 19.4 Å². The zero-order valence-corrected chi connectivity index (χ0v) is 11.8. The molecule has 0 unspecified atom stereocenters. The van der Waals surface area contributed by atoms with Crippen molar-refractivity contribution >= 4 is 11.6 Å². The molecule has 2 aromatic rings. The first-order valence-corrected chi connectivity index (χ1v) is 6.45. The molecular weight excluding hydrogens is 276 g/mol. The maximum Gasteiger partial charge on any atom is 0.323 e. The van der Waals surface area contributed by atoms with Gasteiger partial charge in [-0.25, -0.2) is 4.98 Å². The summed E-state index contributed by atoms with van der Waals surface area (Å²) in [6, 6.07) is 0. The fourth-order valence-electron chi connectivity index (χ4n) is 2.14. The third-order valence-corrected chi connectivity index (χ3v) is 3.14. The molecule has 2 heterocycles. The van der Waals surface area contributed by atoms with E-state index in [1.165, 1.54) is 4.68 Å². The van der Waals surface area contributed by atoms with Gasteiger partial charge in [-0.3, -0.25) is 19.6 Å². The molecule has 0 saturated carbocycles. The molecule has 9 heteroatoms. The number of aryl methyl sites for hydroxylation is 1. The minimum Gasteiger partial charge on any atom is -0.364 e. The summed E-state index contributed by atoms with van der Waals surface area (Å²) in [5.74, 6) is -0.224. The number of nitrogens with two attached hydrogens (primary N) is 1. The van der Waals surface area contributed by atoms with E-state index in [9.17, 15) is 14.9 Å². The van der Waals surface area contributed by atoms with Crippen LogP contribution < -0.4 is 5.73 Å². The van der Waals surface area contributed by atoms with Gasteiger partial charge in [0.15, 0.2) is 0 Å². The lowest BCUT2D eigenvalue weighted by atomic mass is 10.2. The van der Waals surface area contributed by atoms with Crippen LogP contribution in [0.4, 0.5) is 5.69 Å². The van der Waals surface area contributed by atoms with Crippen molar-refractivity contribution in [1.82, 2.24) is 19.3 Å². The Morgan fingerprint density at radius 2 is 2.24 bits per heavy atom. The highest BCUT2D eigenvalue weighted by Crippen LogP contribution is 2.25. The maximum absolute atomic E-state index is 11.4. The minimum absolute atomic E-state index is 0.243. The third kappa shape index (κ3) is 2.76. The van der Waals surface area contributed by atoms with Crippen molar-refractivity contribution in [3.05, 3.63) is 39.7 Å². The van der Waals surface area contributed by atoms with Crippen LogP contribution in [0.1, 0.15) is 35.4 Å². The average Bonchev–Trinajstić information content (AvgIpc) is 2.96. The lowest BCUT2D eigenvalue weighted by Gasteiger charge is -2.06. The van der Waals surface area contributed by atoms with Gasteiger partial charge in [-0.2, -0.15) is 5.10 Å². The molecule has 21 heavy (non-hydrogen) atoms. The molecule has 0 spiro atoms. The van der Waals surface area contributed by atoms with Crippen LogP contribution >= 0.6 is 0 Å². The van der Waals surface area contributed by atoms with Crippen LogP contribution in [0.25, 0.3) is 0 Å². The zero-order valence-electron chi connectivity index (χ0n) is 11.8. The molecule has 2 aromatic heterocycles. The largest absolute Gasteiger partial charge is 0.364 e. The fraction of sp³-hybridized carbons (Fsp3) is 0.417. The second-order valence-electron chi connectivity index (χ2n) is 4.63. The topological polar surface area (TPSA) is 122 Å². The van der Waals surface area contributed by atoms with Gasteiger partial charge in [0.1, 0.15) is 11.5 Å². The molecule has 0 aliphatic heterocycles. The highest BCUT2D eigenvalue weighted by Gasteiger charge is 2.30. The Morgan fingerprint density at radius 3 is 2.71 bits per heavy atom. The Morgan fingerprint density at radius 1 is 1.52 bits per heavy atom. The Hall–Kier alpha value is -2.71. The van der Waals surface area contributed by atoms with E-state index in [1.54, 1.807) is 17.0 Å². The Labute approximate surface area is 120 Å². The third-order valence-electron chi connectivity index (χ3n) is 3.14. The van der Waals surface area contributed by atoms with E-state index in [-0.39, 0.29) is 17.9 Å². The number of nitrogens with zero attached hydrogens (tertiary/aromatic N) is 5. The number of hydrogen-bond donors (Lipinski definition) is 1. The molecule has 0 radical (unpaired) electrons. The summed E-state index contributed by atoms with van der Waals surface area (Å²) in [5, 5.41) is 15.2.